The normalized spacial score (nSPS) is 18.1. The number of amides is 1. The van der Waals surface area contributed by atoms with Gasteiger partial charge in [0, 0.05) is 32.0 Å². The van der Waals surface area contributed by atoms with Gasteiger partial charge in [-0.05, 0) is 42.5 Å². The summed E-state index contributed by atoms with van der Waals surface area (Å²) in [6.07, 6.45) is 2.67. The lowest BCUT2D eigenvalue weighted by Crippen LogP contribution is -2.38. The highest BCUT2D eigenvalue weighted by Crippen LogP contribution is 2.21. The van der Waals surface area contributed by atoms with Gasteiger partial charge in [0.1, 0.15) is 11.6 Å². The molecule has 1 aliphatic rings. The van der Waals surface area contributed by atoms with Crippen molar-refractivity contribution in [2.24, 2.45) is 11.8 Å². The predicted molar refractivity (Wildman–Crippen MR) is 115 cm³/mol. The number of benzene rings is 2. The van der Waals surface area contributed by atoms with Crippen LogP contribution in [0.1, 0.15) is 24.0 Å². The molecule has 1 aliphatic heterocycles. The second-order valence-electron chi connectivity index (χ2n) is 7.34. The van der Waals surface area contributed by atoms with Gasteiger partial charge in [0.2, 0.25) is 5.91 Å². The second-order valence-corrected chi connectivity index (χ2v) is 7.34. The monoisotopic (exact) mass is 418 g/mol. The maximum Gasteiger partial charge on any atom is 0.225 e. The summed E-state index contributed by atoms with van der Waals surface area (Å²) in [5, 5.41) is 6.16. The van der Waals surface area contributed by atoms with E-state index in [0.717, 1.165) is 18.4 Å². The van der Waals surface area contributed by atoms with E-state index >= 15 is 0 Å². The molecule has 1 fully saturated rings. The Labute approximate surface area is 177 Å². The number of ketones is 1. The first-order valence-electron chi connectivity index (χ1n) is 9.93. The summed E-state index contributed by atoms with van der Waals surface area (Å²) in [5.41, 5.74) is 2.20. The van der Waals surface area contributed by atoms with Crippen LogP contribution < -0.4 is 10.6 Å². The minimum absolute atomic E-state index is 0. The van der Waals surface area contributed by atoms with Gasteiger partial charge in [-0.2, -0.15) is 0 Å². The van der Waals surface area contributed by atoms with Gasteiger partial charge in [-0.15, -0.1) is 12.4 Å². The number of rotatable bonds is 9. The number of carbonyl (C=O) groups excluding carboxylic acids is 2. The lowest BCUT2D eigenvalue weighted by atomic mass is 9.88. The van der Waals surface area contributed by atoms with E-state index in [1.165, 1.54) is 17.7 Å². The predicted octanol–water partition coefficient (Wildman–Crippen LogP) is 3.33. The lowest BCUT2D eigenvalue weighted by Gasteiger charge is -2.17. The molecule has 4 nitrogen and oxygen atoms in total. The lowest BCUT2D eigenvalue weighted by molar-refractivity contribution is -0.131. The third-order valence-electron chi connectivity index (χ3n) is 5.32. The Morgan fingerprint density at radius 1 is 0.931 bits per heavy atom. The summed E-state index contributed by atoms with van der Waals surface area (Å²) in [6.45, 7) is 1.68. The maximum atomic E-state index is 12.9. The Balaban J connectivity index is 0.00000300. The molecule has 2 aromatic rings. The highest BCUT2D eigenvalue weighted by molar-refractivity contribution is 5.89. The molecule has 2 N–H and O–H groups in total. The number of Topliss-reactive ketones (excluding diaryl/α,β-unsaturated/α-hetero) is 1. The van der Waals surface area contributed by atoms with Crippen molar-refractivity contribution < 1.29 is 14.0 Å². The van der Waals surface area contributed by atoms with E-state index in [9.17, 15) is 14.0 Å². The van der Waals surface area contributed by atoms with Crippen molar-refractivity contribution in [3.8, 4) is 0 Å². The van der Waals surface area contributed by atoms with Crippen LogP contribution in [-0.2, 0) is 22.4 Å². The molecule has 0 spiro atoms. The van der Waals surface area contributed by atoms with Crippen LogP contribution in [0.2, 0.25) is 0 Å². The molecule has 29 heavy (non-hydrogen) atoms. The third kappa shape index (κ3) is 6.94. The number of hydrogen-bond acceptors (Lipinski definition) is 3. The van der Waals surface area contributed by atoms with Crippen molar-refractivity contribution in [2.45, 2.75) is 25.7 Å². The zero-order chi connectivity index (χ0) is 19.8. The smallest absolute Gasteiger partial charge is 0.225 e. The largest absolute Gasteiger partial charge is 0.355 e. The minimum atomic E-state index is -0.297. The van der Waals surface area contributed by atoms with E-state index in [0.29, 0.717) is 32.5 Å². The van der Waals surface area contributed by atoms with E-state index in [1.54, 1.807) is 12.1 Å². The van der Waals surface area contributed by atoms with Gasteiger partial charge in [0.25, 0.3) is 0 Å². The third-order valence-corrected chi connectivity index (χ3v) is 5.32. The number of halogens is 2. The molecule has 1 amide bonds. The molecule has 1 saturated heterocycles. The average molecular weight is 419 g/mol. The molecular weight excluding hydrogens is 391 g/mol. The van der Waals surface area contributed by atoms with Crippen molar-refractivity contribution >= 4 is 24.1 Å². The first kappa shape index (κ1) is 23.0. The minimum Gasteiger partial charge on any atom is -0.355 e. The summed E-state index contributed by atoms with van der Waals surface area (Å²) in [4.78, 5) is 25.2. The van der Waals surface area contributed by atoms with Crippen LogP contribution in [0.25, 0.3) is 0 Å². The Hall–Kier alpha value is -2.24. The van der Waals surface area contributed by atoms with Gasteiger partial charge in [-0.25, -0.2) is 4.39 Å². The Morgan fingerprint density at radius 2 is 1.59 bits per heavy atom. The summed E-state index contributed by atoms with van der Waals surface area (Å²) < 4.78 is 12.9. The molecule has 2 atom stereocenters. The molecule has 3 rings (SSSR count). The quantitative estimate of drug-likeness (QED) is 0.656. The van der Waals surface area contributed by atoms with Gasteiger partial charge in [0.05, 0.1) is 5.92 Å². The number of nitrogens with one attached hydrogen (secondary N) is 2. The molecule has 6 heteroatoms. The van der Waals surface area contributed by atoms with Crippen LogP contribution in [-0.4, -0.2) is 31.3 Å². The molecule has 2 aromatic carbocycles. The van der Waals surface area contributed by atoms with Gasteiger partial charge < -0.3 is 10.6 Å². The first-order valence-corrected chi connectivity index (χ1v) is 9.93. The fraction of sp³-hybridized carbons (Fsp3) is 0.391. The van der Waals surface area contributed by atoms with E-state index in [-0.39, 0.29) is 41.8 Å². The molecule has 0 radical (unpaired) electrons. The summed E-state index contributed by atoms with van der Waals surface area (Å²) in [7, 11) is 0. The van der Waals surface area contributed by atoms with Crippen LogP contribution in [0.5, 0.6) is 0 Å². The molecule has 0 saturated carbocycles. The zero-order valence-electron chi connectivity index (χ0n) is 16.4. The van der Waals surface area contributed by atoms with Gasteiger partial charge >= 0.3 is 0 Å². The SMILES string of the molecule is Cl.O=C(CCCc1ccc(F)cc1)[C@@H]1CNC[C@H]1C(=O)NCCc1ccccc1. The van der Waals surface area contributed by atoms with Crippen LogP contribution in [0.4, 0.5) is 4.39 Å². The van der Waals surface area contributed by atoms with Gasteiger partial charge in [-0.1, -0.05) is 42.5 Å². The maximum absolute atomic E-state index is 12.9. The van der Waals surface area contributed by atoms with Crippen LogP contribution in [0.3, 0.4) is 0 Å². The van der Waals surface area contributed by atoms with E-state index in [1.807, 2.05) is 30.3 Å². The summed E-state index contributed by atoms with van der Waals surface area (Å²) in [5.74, 6) is -0.717. The van der Waals surface area contributed by atoms with Crippen LogP contribution in [0.15, 0.2) is 54.6 Å². The Kier molecular flexibility index (Phi) is 9.29. The molecule has 0 bridgehead atoms. The molecule has 0 aliphatic carbocycles. The number of hydrogen-bond donors (Lipinski definition) is 2. The number of aryl methyl sites for hydroxylation is 1. The molecule has 156 valence electrons. The topological polar surface area (TPSA) is 58.2 Å². The van der Waals surface area contributed by atoms with Crippen molar-refractivity contribution in [3.63, 3.8) is 0 Å². The van der Waals surface area contributed by atoms with Crippen molar-refractivity contribution in [1.29, 1.82) is 0 Å². The fourth-order valence-electron chi connectivity index (χ4n) is 3.70. The van der Waals surface area contributed by atoms with Crippen molar-refractivity contribution in [3.05, 3.63) is 71.5 Å². The number of carbonyl (C=O) groups is 2. The average Bonchev–Trinajstić information content (AvgIpc) is 3.20. The Morgan fingerprint density at radius 3 is 2.31 bits per heavy atom. The second kappa shape index (κ2) is 11.7. The molecule has 0 unspecified atom stereocenters. The first-order chi connectivity index (χ1) is 13.6. The van der Waals surface area contributed by atoms with E-state index in [2.05, 4.69) is 10.6 Å². The van der Waals surface area contributed by atoms with Crippen molar-refractivity contribution in [1.82, 2.24) is 10.6 Å². The van der Waals surface area contributed by atoms with Gasteiger partial charge in [-0.3, -0.25) is 9.59 Å². The van der Waals surface area contributed by atoms with Crippen LogP contribution >= 0.6 is 12.4 Å². The molecule has 0 aromatic heterocycles. The van der Waals surface area contributed by atoms with E-state index in [4.69, 9.17) is 0 Å². The highest BCUT2D eigenvalue weighted by Gasteiger charge is 2.36. The zero-order valence-corrected chi connectivity index (χ0v) is 17.2. The fourth-order valence-corrected chi connectivity index (χ4v) is 3.70. The highest BCUT2D eigenvalue weighted by atomic mass is 35.5. The van der Waals surface area contributed by atoms with Crippen molar-refractivity contribution in [2.75, 3.05) is 19.6 Å². The summed E-state index contributed by atoms with van der Waals surface area (Å²) in [6, 6.07) is 16.4. The standard InChI is InChI=1S/C23H27FN2O2.ClH/c24-19-11-9-18(10-12-19)7-4-8-22(27)20-15-25-16-21(20)23(28)26-14-13-17-5-2-1-3-6-17;/h1-3,5-6,9-12,20-21,25H,4,7-8,13-16H2,(H,26,28);1H/t20-,21-;/m1./s1. The molecule has 1 heterocycles. The Bertz CT molecular complexity index is 783. The van der Waals surface area contributed by atoms with Gasteiger partial charge in [0.15, 0.2) is 0 Å². The van der Waals surface area contributed by atoms with Crippen LogP contribution in [0, 0.1) is 17.7 Å². The molecular formula is C23H28ClFN2O2. The summed E-state index contributed by atoms with van der Waals surface area (Å²) >= 11 is 0. The van der Waals surface area contributed by atoms with E-state index < -0.39 is 0 Å².